The van der Waals surface area contributed by atoms with E-state index in [4.69, 9.17) is 0 Å². The summed E-state index contributed by atoms with van der Waals surface area (Å²) in [6.45, 7) is 1.19. The number of hydrogen-bond acceptors (Lipinski definition) is 1. The molecule has 0 saturated carbocycles. The van der Waals surface area contributed by atoms with Gasteiger partial charge >= 0.3 is 0 Å². The predicted octanol–water partition coefficient (Wildman–Crippen LogP) is 2.61. The number of benzene rings is 1. The number of nitrogens with one attached hydrogen (secondary N) is 1. The second kappa shape index (κ2) is 3.39. The maximum Gasteiger partial charge on any atom is 0.150 e. The molecule has 0 spiro atoms. The van der Waals surface area contributed by atoms with Crippen molar-refractivity contribution in [2.45, 2.75) is 12.1 Å². The zero-order valence-corrected chi connectivity index (χ0v) is 8.77. The molecule has 1 aliphatic rings. The van der Waals surface area contributed by atoms with Crippen LogP contribution in [0.25, 0.3) is 0 Å². The van der Waals surface area contributed by atoms with Gasteiger partial charge in [-0.3, -0.25) is 0 Å². The van der Waals surface area contributed by atoms with Gasteiger partial charge in [0, 0.05) is 16.6 Å². The number of halogens is 2. The van der Waals surface area contributed by atoms with Gasteiger partial charge in [0.1, 0.15) is 0 Å². The van der Waals surface area contributed by atoms with Crippen LogP contribution in [0.2, 0.25) is 0 Å². The molecule has 1 nitrogen and oxygen atoms in total. The van der Waals surface area contributed by atoms with Crippen LogP contribution in [0.3, 0.4) is 0 Å². The van der Waals surface area contributed by atoms with E-state index in [-0.39, 0.29) is 0 Å². The van der Waals surface area contributed by atoms with Gasteiger partial charge in [0.15, 0.2) is 5.67 Å². The van der Waals surface area contributed by atoms with Crippen molar-refractivity contribution >= 4 is 15.9 Å². The summed E-state index contributed by atoms with van der Waals surface area (Å²) in [6.07, 6.45) is 0.565. The summed E-state index contributed by atoms with van der Waals surface area (Å²) in [5.41, 5.74) is -0.417. The molecule has 0 aliphatic carbocycles. The Morgan fingerprint density at radius 2 is 2.15 bits per heavy atom. The van der Waals surface area contributed by atoms with E-state index in [1.807, 2.05) is 24.3 Å². The van der Waals surface area contributed by atoms with Crippen LogP contribution in [0.1, 0.15) is 12.0 Å². The van der Waals surface area contributed by atoms with Crippen LogP contribution in [0.4, 0.5) is 4.39 Å². The first-order valence-corrected chi connectivity index (χ1v) is 5.16. The second-order valence-electron chi connectivity index (χ2n) is 3.37. The second-order valence-corrected chi connectivity index (χ2v) is 4.23. The molecular formula is C10H11BrFN. The van der Waals surface area contributed by atoms with E-state index in [0.717, 1.165) is 16.6 Å². The zero-order valence-electron chi connectivity index (χ0n) is 7.19. The van der Waals surface area contributed by atoms with Crippen LogP contribution in [-0.2, 0) is 5.67 Å². The van der Waals surface area contributed by atoms with Crippen LogP contribution < -0.4 is 5.32 Å². The summed E-state index contributed by atoms with van der Waals surface area (Å²) in [5.74, 6) is 0. The first-order valence-electron chi connectivity index (χ1n) is 4.37. The highest BCUT2D eigenvalue weighted by Gasteiger charge is 2.36. The van der Waals surface area contributed by atoms with E-state index in [1.54, 1.807) is 0 Å². The van der Waals surface area contributed by atoms with Crippen LogP contribution in [0.15, 0.2) is 28.7 Å². The third-order valence-corrected chi connectivity index (χ3v) is 3.15. The zero-order chi connectivity index (χ0) is 9.31. The Labute approximate surface area is 85.5 Å². The molecule has 0 amide bonds. The molecule has 1 saturated heterocycles. The predicted molar refractivity (Wildman–Crippen MR) is 54.4 cm³/mol. The van der Waals surface area contributed by atoms with Gasteiger partial charge in [-0.15, -0.1) is 0 Å². The van der Waals surface area contributed by atoms with Gasteiger partial charge < -0.3 is 5.32 Å². The molecule has 1 N–H and O–H groups in total. The Kier molecular flexibility index (Phi) is 2.39. The number of rotatable bonds is 1. The van der Waals surface area contributed by atoms with E-state index < -0.39 is 5.67 Å². The summed E-state index contributed by atoms with van der Waals surface area (Å²) in [5, 5.41) is 3.04. The van der Waals surface area contributed by atoms with Crippen molar-refractivity contribution in [3.05, 3.63) is 34.3 Å². The van der Waals surface area contributed by atoms with Gasteiger partial charge in [0.2, 0.25) is 0 Å². The summed E-state index contributed by atoms with van der Waals surface area (Å²) in [4.78, 5) is 0. The fourth-order valence-corrected chi connectivity index (χ4v) is 2.36. The van der Waals surface area contributed by atoms with Crippen molar-refractivity contribution in [1.29, 1.82) is 0 Å². The van der Waals surface area contributed by atoms with Crippen molar-refractivity contribution in [3.63, 3.8) is 0 Å². The Morgan fingerprint density at radius 1 is 1.38 bits per heavy atom. The van der Waals surface area contributed by atoms with Crippen LogP contribution in [0.5, 0.6) is 0 Å². The quantitative estimate of drug-likeness (QED) is 0.800. The van der Waals surface area contributed by atoms with Crippen molar-refractivity contribution in [1.82, 2.24) is 5.32 Å². The molecule has 1 heterocycles. The topological polar surface area (TPSA) is 12.0 Å². The van der Waals surface area contributed by atoms with Crippen molar-refractivity contribution < 1.29 is 4.39 Å². The van der Waals surface area contributed by atoms with Gasteiger partial charge in [-0.2, -0.15) is 0 Å². The lowest BCUT2D eigenvalue weighted by atomic mass is 9.95. The fourth-order valence-electron chi connectivity index (χ4n) is 1.72. The van der Waals surface area contributed by atoms with E-state index in [0.29, 0.717) is 13.0 Å². The standard InChI is InChI=1S/C10H11BrFN/c11-9-4-2-1-3-8(9)10(12)5-6-13-7-10/h1-4,13H,5-7H2. The fraction of sp³-hybridized carbons (Fsp3) is 0.400. The molecule has 1 aliphatic heterocycles. The molecule has 0 radical (unpaired) electrons. The largest absolute Gasteiger partial charge is 0.313 e. The third-order valence-electron chi connectivity index (χ3n) is 2.46. The maximum absolute atomic E-state index is 14.2. The van der Waals surface area contributed by atoms with Crippen LogP contribution >= 0.6 is 15.9 Å². The number of hydrogen-bond donors (Lipinski definition) is 1. The minimum Gasteiger partial charge on any atom is -0.313 e. The minimum absolute atomic E-state index is 0.426. The summed E-state index contributed by atoms with van der Waals surface area (Å²) in [7, 11) is 0. The third kappa shape index (κ3) is 1.63. The van der Waals surface area contributed by atoms with Crippen LogP contribution in [-0.4, -0.2) is 13.1 Å². The van der Waals surface area contributed by atoms with E-state index in [9.17, 15) is 4.39 Å². The molecule has 1 unspecified atom stereocenters. The summed E-state index contributed by atoms with van der Waals surface area (Å²) < 4.78 is 15.1. The highest BCUT2D eigenvalue weighted by molar-refractivity contribution is 9.10. The van der Waals surface area contributed by atoms with Gasteiger partial charge in [0.25, 0.3) is 0 Å². The van der Waals surface area contributed by atoms with Gasteiger partial charge in [0.05, 0.1) is 0 Å². The van der Waals surface area contributed by atoms with Crippen LogP contribution in [0, 0.1) is 0 Å². The molecule has 1 aromatic rings. The van der Waals surface area contributed by atoms with Crippen molar-refractivity contribution in [3.8, 4) is 0 Å². The Morgan fingerprint density at radius 3 is 2.77 bits per heavy atom. The Balaban J connectivity index is 2.39. The molecular weight excluding hydrogens is 233 g/mol. The molecule has 1 fully saturated rings. The normalized spacial score (nSPS) is 27.8. The monoisotopic (exact) mass is 243 g/mol. The molecule has 1 aromatic carbocycles. The molecule has 1 atom stereocenters. The summed E-state index contributed by atoms with van der Waals surface area (Å²) in [6, 6.07) is 7.51. The lowest BCUT2D eigenvalue weighted by Crippen LogP contribution is -2.23. The smallest absolute Gasteiger partial charge is 0.150 e. The maximum atomic E-state index is 14.2. The molecule has 13 heavy (non-hydrogen) atoms. The lowest BCUT2D eigenvalue weighted by Gasteiger charge is -2.19. The van der Waals surface area contributed by atoms with Crippen molar-refractivity contribution in [2.75, 3.05) is 13.1 Å². The van der Waals surface area contributed by atoms with E-state index in [2.05, 4.69) is 21.2 Å². The highest BCUT2D eigenvalue weighted by Crippen LogP contribution is 2.36. The Hall–Kier alpha value is -0.410. The van der Waals surface area contributed by atoms with Gasteiger partial charge in [-0.25, -0.2) is 4.39 Å². The first-order chi connectivity index (χ1) is 6.22. The number of alkyl halides is 1. The van der Waals surface area contributed by atoms with Gasteiger partial charge in [-0.05, 0) is 19.0 Å². The molecule has 70 valence electrons. The average molecular weight is 244 g/mol. The molecule has 0 aromatic heterocycles. The van der Waals surface area contributed by atoms with E-state index in [1.165, 1.54) is 0 Å². The molecule has 0 bridgehead atoms. The lowest BCUT2D eigenvalue weighted by molar-refractivity contribution is 0.192. The van der Waals surface area contributed by atoms with E-state index >= 15 is 0 Å². The SMILES string of the molecule is FC1(c2ccccc2Br)CCNC1. The first kappa shape index (κ1) is 9.16. The summed E-state index contributed by atoms with van der Waals surface area (Å²) >= 11 is 3.37. The minimum atomic E-state index is -1.18. The average Bonchev–Trinajstić information content (AvgIpc) is 2.54. The molecule has 2 rings (SSSR count). The highest BCUT2D eigenvalue weighted by atomic mass is 79.9. The van der Waals surface area contributed by atoms with Crippen molar-refractivity contribution in [2.24, 2.45) is 0 Å². The molecule has 3 heteroatoms. The Bertz CT molecular complexity index is 308. The van der Waals surface area contributed by atoms with Gasteiger partial charge in [-0.1, -0.05) is 34.1 Å².